The first-order chi connectivity index (χ1) is 9.10. The molecule has 105 valence electrons. The predicted octanol–water partition coefficient (Wildman–Crippen LogP) is 1.90. The minimum Gasteiger partial charge on any atom is -0.507 e. The number of hydrogen-bond donors (Lipinski definition) is 1. The van der Waals surface area contributed by atoms with Crippen LogP contribution in [0.25, 0.3) is 6.08 Å². The van der Waals surface area contributed by atoms with Crippen LogP contribution in [0, 0.1) is 0 Å². The van der Waals surface area contributed by atoms with Gasteiger partial charge in [0.15, 0.2) is 0 Å². The fourth-order valence-electron chi connectivity index (χ4n) is 1.38. The Kier molecular flexibility index (Phi) is 9.09. The Bertz CT molecular complexity index is 476. The largest absolute Gasteiger partial charge is 0.507 e. The number of benzene rings is 1. The molecule has 0 aromatic heterocycles. The van der Waals surface area contributed by atoms with Gasteiger partial charge in [-0.2, -0.15) is 0 Å². The fraction of sp³-hybridized carbons (Fsp3) is 0.286. The predicted molar refractivity (Wildman–Crippen MR) is 69.3 cm³/mol. The average Bonchev–Trinajstić information content (AvgIpc) is 2.38. The molecule has 0 amide bonds. The molecule has 0 saturated heterocycles. The Morgan fingerprint density at radius 3 is 2.05 bits per heavy atom. The topological polar surface area (TPSA) is 72.8 Å². The molecular weight excluding hydrogens is 337 g/mol. The summed E-state index contributed by atoms with van der Waals surface area (Å²) >= 11 is 0. The van der Waals surface area contributed by atoms with E-state index in [9.17, 15) is 14.7 Å². The number of carbonyl (C=O) groups excluding carboxylic acids is 2. The second kappa shape index (κ2) is 9.67. The van der Waals surface area contributed by atoms with E-state index in [1.165, 1.54) is 12.1 Å². The summed E-state index contributed by atoms with van der Waals surface area (Å²) in [5.41, 5.74) is 0.101. The van der Waals surface area contributed by atoms with Crippen LogP contribution < -0.4 is 0 Å². The van der Waals surface area contributed by atoms with Gasteiger partial charge in [-0.1, -0.05) is 18.2 Å². The van der Waals surface area contributed by atoms with Gasteiger partial charge in [-0.05, 0) is 26.0 Å². The molecule has 1 rings (SSSR count). The molecule has 1 aromatic carbocycles. The summed E-state index contributed by atoms with van der Waals surface area (Å²) in [4.78, 5) is 23.4. The molecule has 20 heavy (non-hydrogen) atoms. The van der Waals surface area contributed by atoms with Crippen LogP contribution in [0.15, 0.2) is 29.8 Å². The zero-order chi connectivity index (χ0) is 14.3. The molecule has 0 atom stereocenters. The third-order valence-corrected chi connectivity index (χ3v) is 2.23. The molecule has 0 aliphatic carbocycles. The molecule has 0 spiro atoms. The number of rotatable bonds is 5. The zero-order valence-electron chi connectivity index (χ0n) is 11.5. The van der Waals surface area contributed by atoms with Crippen molar-refractivity contribution in [3.63, 3.8) is 0 Å². The smallest absolute Gasteiger partial charge is 0.345 e. The molecule has 1 N–H and O–H groups in total. The van der Waals surface area contributed by atoms with Crippen molar-refractivity contribution in [1.29, 1.82) is 0 Å². The van der Waals surface area contributed by atoms with Crippen molar-refractivity contribution in [2.45, 2.75) is 13.8 Å². The summed E-state index contributed by atoms with van der Waals surface area (Å²) in [6, 6.07) is 6.36. The molecule has 0 unspecified atom stereocenters. The van der Waals surface area contributed by atoms with Gasteiger partial charge in [-0.25, -0.2) is 9.59 Å². The average molecular weight is 353 g/mol. The van der Waals surface area contributed by atoms with Crippen LogP contribution in [-0.2, 0) is 51.8 Å². The first kappa shape index (κ1) is 18.8. The molecule has 0 aliphatic rings. The van der Waals surface area contributed by atoms with E-state index in [1.54, 1.807) is 32.0 Å². The summed E-state index contributed by atoms with van der Waals surface area (Å²) in [5.74, 6) is -1.58. The summed E-state index contributed by atoms with van der Waals surface area (Å²) in [7, 11) is 0. The van der Waals surface area contributed by atoms with E-state index < -0.39 is 11.9 Å². The van der Waals surface area contributed by atoms with Gasteiger partial charge in [0.05, 0.1) is 13.2 Å². The minimum atomic E-state index is -0.774. The Labute approximate surface area is 142 Å². The Hall–Kier alpha value is -1.20. The van der Waals surface area contributed by atoms with Gasteiger partial charge in [0, 0.05) is 38.3 Å². The number of esters is 2. The van der Waals surface area contributed by atoms with Crippen LogP contribution in [0.5, 0.6) is 5.75 Å². The maximum atomic E-state index is 11.7. The molecular formula is C14H16O5Y. The van der Waals surface area contributed by atoms with Gasteiger partial charge in [0.1, 0.15) is 11.3 Å². The summed E-state index contributed by atoms with van der Waals surface area (Å²) < 4.78 is 9.59. The maximum absolute atomic E-state index is 11.7. The van der Waals surface area contributed by atoms with Crippen LogP contribution in [0.4, 0.5) is 0 Å². The first-order valence-corrected chi connectivity index (χ1v) is 5.94. The van der Waals surface area contributed by atoms with E-state index in [4.69, 9.17) is 9.47 Å². The first-order valence-electron chi connectivity index (χ1n) is 5.94. The number of aromatic hydroxyl groups is 1. The van der Waals surface area contributed by atoms with E-state index in [2.05, 4.69) is 0 Å². The van der Waals surface area contributed by atoms with E-state index in [1.807, 2.05) is 0 Å². The van der Waals surface area contributed by atoms with E-state index in [0.717, 1.165) is 0 Å². The third-order valence-electron chi connectivity index (χ3n) is 2.23. The quantitative estimate of drug-likeness (QED) is 0.379. The van der Waals surface area contributed by atoms with Gasteiger partial charge in [-0.3, -0.25) is 0 Å². The summed E-state index contributed by atoms with van der Waals surface area (Å²) in [5, 5.41) is 9.63. The van der Waals surface area contributed by atoms with Gasteiger partial charge < -0.3 is 14.6 Å². The number of phenolic OH excluding ortho intramolecular Hbond substituents is 1. The molecule has 5 nitrogen and oxygen atoms in total. The van der Waals surface area contributed by atoms with Crippen LogP contribution in [0.3, 0.4) is 0 Å². The van der Waals surface area contributed by atoms with Crippen molar-refractivity contribution in [2.24, 2.45) is 0 Å². The van der Waals surface area contributed by atoms with Crippen LogP contribution in [0.2, 0.25) is 0 Å². The Morgan fingerprint density at radius 2 is 1.60 bits per heavy atom. The Morgan fingerprint density at radius 1 is 1.10 bits per heavy atom. The molecule has 1 aromatic rings. The number of ether oxygens (including phenoxy) is 2. The van der Waals surface area contributed by atoms with Gasteiger partial charge in [0.2, 0.25) is 0 Å². The van der Waals surface area contributed by atoms with Crippen LogP contribution in [0.1, 0.15) is 19.4 Å². The standard InChI is InChI=1S/C14H16O5.Y/c1-3-18-13(16)11(14(17)19-4-2)9-10-7-5-6-8-12(10)15;/h5-9,15H,3-4H2,1-2H3;. The van der Waals surface area contributed by atoms with Crippen LogP contribution >= 0.6 is 0 Å². The number of carbonyl (C=O) groups is 2. The van der Waals surface area contributed by atoms with Crippen molar-refractivity contribution in [3.8, 4) is 5.75 Å². The monoisotopic (exact) mass is 353 g/mol. The van der Waals surface area contributed by atoms with Gasteiger partial charge in [-0.15, -0.1) is 0 Å². The summed E-state index contributed by atoms with van der Waals surface area (Å²) in [6.45, 7) is 3.58. The molecule has 0 saturated carbocycles. The van der Waals surface area contributed by atoms with Gasteiger partial charge in [0.25, 0.3) is 0 Å². The SMILES string of the molecule is CCOC(=O)C(=Cc1ccccc1O)C(=O)OCC.[Y]. The fourth-order valence-corrected chi connectivity index (χ4v) is 1.38. The van der Waals surface area contributed by atoms with Crippen molar-refractivity contribution in [2.75, 3.05) is 13.2 Å². The van der Waals surface area contributed by atoms with E-state index >= 15 is 0 Å². The van der Waals surface area contributed by atoms with Crippen LogP contribution in [-0.4, -0.2) is 30.3 Å². The molecule has 1 radical (unpaired) electrons. The van der Waals surface area contributed by atoms with E-state index in [0.29, 0.717) is 5.56 Å². The molecule has 6 heteroatoms. The summed E-state index contributed by atoms with van der Waals surface area (Å²) in [6.07, 6.45) is 1.26. The maximum Gasteiger partial charge on any atom is 0.345 e. The molecule has 0 fully saturated rings. The number of para-hydroxylation sites is 1. The van der Waals surface area contributed by atoms with Crippen molar-refractivity contribution >= 4 is 18.0 Å². The normalized spacial score (nSPS) is 9.10. The second-order valence-corrected chi connectivity index (χ2v) is 3.56. The van der Waals surface area contributed by atoms with E-state index in [-0.39, 0.29) is 57.2 Å². The number of hydrogen-bond acceptors (Lipinski definition) is 5. The zero-order valence-corrected chi connectivity index (χ0v) is 14.3. The third kappa shape index (κ3) is 5.43. The van der Waals surface area contributed by atoms with Crippen molar-refractivity contribution < 1.29 is 56.9 Å². The van der Waals surface area contributed by atoms with Gasteiger partial charge >= 0.3 is 11.9 Å². The second-order valence-electron chi connectivity index (χ2n) is 3.56. The molecule has 0 heterocycles. The molecule has 0 bridgehead atoms. The van der Waals surface area contributed by atoms with Crippen molar-refractivity contribution in [1.82, 2.24) is 0 Å². The van der Waals surface area contributed by atoms with Crippen molar-refractivity contribution in [3.05, 3.63) is 35.4 Å². The molecule has 0 aliphatic heterocycles. The Balaban J connectivity index is 0.00000361. The number of phenols is 1. The minimum absolute atomic E-state index is 0.